The molecule has 0 fully saturated rings. The second kappa shape index (κ2) is 5.40. The van der Waals surface area contributed by atoms with Crippen LogP contribution in [0.15, 0.2) is 35.4 Å². The number of fused-ring (bicyclic) bond motifs is 1. The SMILES string of the molecule is CCOc1ccc(C2CC(=O)Nc3nc[nH]c(=O)c32)cc1. The van der Waals surface area contributed by atoms with Gasteiger partial charge in [0, 0.05) is 12.3 Å². The number of carbonyl (C=O) groups excluding carboxylic acids is 1. The lowest BCUT2D eigenvalue weighted by molar-refractivity contribution is -0.116. The monoisotopic (exact) mass is 285 g/mol. The summed E-state index contributed by atoms with van der Waals surface area (Å²) in [6, 6.07) is 7.44. The highest BCUT2D eigenvalue weighted by Crippen LogP contribution is 2.33. The van der Waals surface area contributed by atoms with Gasteiger partial charge >= 0.3 is 0 Å². The van der Waals surface area contributed by atoms with Gasteiger partial charge in [0.05, 0.1) is 18.5 Å². The van der Waals surface area contributed by atoms with Crippen molar-refractivity contribution in [3.8, 4) is 5.75 Å². The number of hydrogen-bond acceptors (Lipinski definition) is 4. The molecule has 0 saturated heterocycles. The molecule has 3 rings (SSSR count). The van der Waals surface area contributed by atoms with Gasteiger partial charge in [-0.3, -0.25) is 9.59 Å². The summed E-state index contributed by atoms with van der Waals surface area (Å²) in [6.45, 7) is 2.51. The van der Waals surface area contributed by atoms with Crippen LogP contribution in [0.1, 0.15) is 30.4 Å². The predicted molar refractivity (Wildman–Crippen MR) is 77.6 cm³/mol. The average Bonchev–Trinajstić information content (AvgIpc) is 2.47. The molecule has 1 atom stereocenters. The van der Waals surface area contributed by atoms with Crippen LogP contribution in [0.2, 0.25) is 0 Å². The number of H-pyrrole nitrogens is 1. The van der Waals surface area contributed by atoms with E-state index in [1.54, 1.807) is 0 Å². The first-order valence-electron chi connectivity index (χ1n) is 6.79. The average molecular weight is 285 g/mol. The molecule has 21 heavy (non-hydrogen) atoms. The number of aromatic nitrogens is 2. The van der Waals surface area contributed by atoms with E-state index in [9.17, 15) is 9.59 Å². The number of anilines is 1. The molecular formula is C15H15N3O3. The predicted octanol–water partition coefficient (Wildman–Crippen LogP) is 1.64. The summed E-state index contributed by atoms with van der Waals surface area (Å²) >= 11 is 0. The molecule has 1 aliphatic rings. The van der Waals surface area contributed by atoms with Gasteiger partial charge in [0.1, 0.15) is 11.6 Å². The molecule has 6 nitrogen and oxygen atoms in total. The molecule has 0 saturated carbocycles. The van der Waals surface area contributed by atoms with Gasteiger partial charge in [-0.2, -0.15) is 0 Å². The molecule has 1 amide bonds. The second-order valence-electron chi connectivity index (χ2n) is 4.80. The van der Waals surface area contributed by atoms with Crippen LogP contribution in [-0.2, 0) is 4.79 Å². The molecular weight excluding hydrogens is 270 g/mol. The highest BCUT2D eigenvalue weighted by molar-refractivity contribution is 5.94. The van der Waals surface area contributed by atoms with E-state index in [2.05, 4.69) is 15.3 Å². The lowest BCUT2D eigenvalue weighted by Crippen LogP contribution is -2.30. The zero-order valence-electron chi connectivity index (χ0n) is 11.6. The van der Waals surface area contributed by atoms with E-state index in [0.29, 0.717) is 18.0 Å². The number of carbonyl (C=O) groups is 1. The number of ether oxygens (including phenoxy) is 1. The Kier molecular flexibility index (Phi) is 3.43. The van der Waals surface area contributed by atoms with Crippen molar-refractivity contribution in [1.29, 1.82) is 0 Å². The van der Waals surface area contributed by atoms with Crippen molar-refractivity contribution in [2.75, 3.05) is 11.9 Å². The molecule has 1 unspecified atom stereocenters. The highest BCUT2D eigenvalue weighted by Gasteiger charge is 2.29. The Bertz CT molecular complexity index is 722. The van der Waals surface area contributed by atoms with E-state index in [4.69, 9.17) is 4.74 Å². The van der Waals surface area contributed by atoms with E-state index < -0.39 is 0 Å². The zero-order valence-corrected chi connectivity index (χ0v) is 11.6. The van der Waals surface area contributed by atoms with Crippen LogP contribution in [-0.4, -0.2) is 22.5 Å². The number of nitrogens with zero attached hydrogens (tertiary/aromatic N) is 1. The number of hydrogen-bond donors (Lipinski definition) is 2. The molecule has 1 aliphatic heterocycles. The van der Waals surface area contributed by atoms with Crippen LogP contribution in [0.4, 0.5) is 5.82 Å². The zero-order chi connectivity index (χ0) is 14.8. The number of nitrogens with one attached hydrogen (secondary N) is 2. The maximum absolute atomic E-state index is 12.1. The molecule has 2 heterocycles. The second-order valence-corrected chi connectivity index (χ2v) is 4.80. The normalized spacial score (nSPS) is 17.0. The molecule has 2 N–H and O–H groups in total. The van der Waals surface area contributed by atoms with Crippen molar-refractivity contribution in [1.82, 2.24) is 9.97 Å². The van der Waals surface area contributed by atoms with Crippen molar-refractivity contribution in [3.63, 3.8) is 0 Å². The lowest BCUT2D eigenvalue weighted by Gasteiger charge is -2.23. The van der Waals surface area contributed by atoms with Gasteiger partial charge in [0.2, 0.25) is 5.91 Å². The van der Waals surface area contributed by atoms with E-state index in [0.717, 1.165) is 11.3 Å². The Morgan fingerprint density at radius 3 is 2.76 bits per heavy atom. The third-order valence-electron chi connectivity index (χ3n) is 3.48. The molecule has 108 valence electrons. The topological polar surface area (TPSA) is 84.1 Å². The van der Waals surface area contributed by atoms with Gasteiger partial charge in [-0.15, -0.1) is 0 Å². The van der Waals surface area contributed by atoms with Crippen molar-refractivity contribution in [3.05, 3.63) is 52.1 Å². The third-order valence-corrected chi connectivity index (χ3v) is 3.48. The van der Waals surface area contributed by atoms with Gasteiger partial charge in [-0.25, -0.2) is 4.98 Å². The van der Waals surface area contributed by atoms with Crippen LogP contribution in [0.25, 0.3) is 0 Å². The Morgan fingerprint density at radius 1 is 1.29 bits per heavy atom. The summed E-state index contributed by atoms with van der Waals surface area (Å²) in [5.41, 5.74) is 1.17. The molecule has 0 aliphatic carbocycles. The number of aromatic amines is 1. The van der Waals surface area contributed by atoms with E-state index in [-0.39, 0.29) is 23.8 Å². The summed E-state index contributed by atoms with van der Waals surface area (Å²) in [4.78, 5) is 30.5. The third kappa shape index (κ3) is 2.52. The maximum Gasteiger partial charge on any atom is 0.256 e. The number of amides is 1. The van der Waals surface area contributed by atoms with Crippen LogP contribution < -0.4 is 15.6 Å². The van der Waals surface area contributed by atoms with Crippen molar-refractivity contribution in [2.24, 2.45) is 0 Å². The van der Waals surface area contributed by atoms with Crippen LogP contribution in [0.3, 0.4) is 0 Å². The van der Waals surface area contributed by atoms with E-state index in [1.807, 2.05) is 31.2 Å². The standard InChI is InChI=1S/C15H15N3O3/c1-2-21-10-5-3-9(4-6-10)11-7-12(19)18-14-13(11)15(20)17-8-16-14/h3-6,8,11H,2,7H2,1H3,(H2,16,17,18,19,20). The molecule has 1 aromatic heterocycles. The minimum atomic E-state index is -0.290. The Morgan fingerprint density at radius 2 is 2.05 bits per heavy atom. The molecule has 0 spiro atoms. The van der Waals surface area contributed by atoms with Crippen molar-refractivity contribution in [2.45, 2.75) is 19.3 Å². The fourth-order valence-electron chi connectivity index (χ4n) is 2.55. The number of benzene rings is 1. The summed E-state index contributed by atoms with van der Waals surface area (Å²) in [5.74, 6) is 0.678. The van der Waals surface area contributed by atoms with Crippen molar-refractivity contribution < 1.29 is 9.53 Å². The summed E-state index contributed by atoms with van der Waals surface area (Å²) < 4.78 is 5.40. The van der Waals surface area contributed by atoms with Gasteiger partial charge in [0.15, 0.2) is 0 Å². The molecule has 2 aromatic rings. The van der Waals surface area contributed by atoms with Gasteiger partial charge in [0.25, 0.3) is 5.56 Å². The first kappa shape index (κ1) is 13.4. The lowest BCUT2D eigenvalue weighted by atomic mass is 9.87. The van der Waals surface area contributed by atoms with Crippen molar-refractivity contribution >= 4 is 11.7 Å². The Labute approximate surface area is 121 Å². The first-order chi connectivity index (χ1) is 10.2. The largest absolute Gasteiger partial charge is 0.494 e. The quantitative estimate of drug-likeness (QED) is 0.898. The highest BCUT2D eigenvalue weighted by atomic mass is 16.5. The van der Waals surface area contributed by atoms with E-state index in [1.165, 1.54) is 6.33 Å². The van der Waals surface area contributed by atoms with Gasteiger partial charge < -0.3 is 15.0 Å². The minimum Gasteiger partial charge on any atom is -0.494 e. The number of rotatable bonds is 3. The fourth-order valence-corrected chi connectivity index (χ4v) is 2.55. The molecule has 0 radical (unpaired) electrons. The summed E-state index contributed by atoms with van der Waals surface area (Å²) in [5, 5.41) is 2.64. The van der Waals surface area contributed by atoms with E-state index >= 15 is 0 Å². The maximum atomic E-state index is 12.1. The summed E-state index contributed by atoms with van der Waals surface area (Å²) in [7, 11) is 0. The fraction of sp³-hybridized carbons (Fsp3) is 0.267. The van der Waals surface area contributed by atoms with Gasteiger partial charge in [-0.1, -0.05) is 12.1 Å². The smallest absolute Gasteiger partial charge is 0.256 e. The Balaban J connectivity index is 2.03. The van der Waals surface area contributed by atoms with Crippen LogP contribution in [0, 0.1) is 0 Å². The summed E-state index contributed by atoms with van der Waals surface area (Å²) in [6.07, 6.45) is 1.53. The van der Waals surface area contributed by atoms with Crippen LogP contribution >= 0.6 is 0 Å². The first-order valence-corrected chi connectivity index (χ1v) is 6.79. The minimum absolute atomic E-state index is 0.139. The molecule has 0 bridgehead atoms. The Hall–Kier alpha value is -2.63. The molecule has 1 aromatic carbocycles. The van der Waals surface area contributed by atoms with Gasteiger partial charge in [-0.05, 0) is 24.6 Å². The van der Waals surface area contributed by atoms with Crippen LogP contribution in [0.5, 0.6) is 5.75 Å². The molecule has 6 heteroatoms.